The van der Waals surface area contributed by atoms with E-state index in [0.29, 0.717) is 0 Å². The Morgan fingerprint density at radius 2 is 0.233 bits per heavy atom. The zero-order valence-corrected chi connectivity index (χ0v) is 30.9. The van der Waals surface area contributed by atoms with Crippen LogP contribution in [0.4, 0.5) is 47.9 Å². The van der Waals surface area contributed by atoms with E-state index in [-0.39, 0.29) is 66.7 Å². The third kappa shape index (κ3) is 2.77. The van der Waals surface area contributed by atoms with Gasteiger partial charge in [-0.15, -0.1) is 0 Å². The van der Waals surface area contributed by atoms with Gasteiger partial charge in [-0.25, -0.2) is 47.9 Å². The predicted octanol–water partition coefficient (Wildman–Crippen LogP) is -4.72. The molecule has 0 radical (unpaired) electrons. The van der Waals surface area contributed by atoms with Crippen LogP contribution in [0.5, 0.6) is 0 Å². The summed E-state index contributed by atoms with van der Waals surface area (Å²) >= 11 is 0. The van der Waals surface area contributed by atoms with Gasteiger partial charge in [0.2, 0.25) is 0 Å². The lowest BCUT2D eigenvalue weighted by molar-refractivity contribution is -0.0173. The molecular formula is C30H30N20O10. The number of carbonyl (C=O) groups is 10. The maximum absolute atomic E-state index is 14.8. The predicted molar refractivity (Wildman–Crippen MR) is 177 cm³/mol. The summed E-state index contributed by atoms with van der Waals surface area (Å²) in [5.74, 6) is 0. The van der Waals surface area contributed by atoms with Gasteiger partial charge in [-0.2, -0.15) is 0 Å². The monoisotopic (exact) mass is 840 g/mol. The van der Waals surface area contributed by atoms with Crippen molar-refractivity contribution in [3.8, 4) is 0 Å². The molecule has 310 valence electrons. The molecule has 60 heavy (non-hydrogen) atoms. The van der Waals surface area contributed by atoms with E-state index in [9.17, 15) is 47.9 Å². The molecule has 0 bridgehead atoms. The van der Waals surface area contributed by atoms with Gasteiger partial charge in [0.1, 0.15) is 66.7 Å². The number of urea groups is 10. The Balaban J connectivity index is 0.956. The molecule has 0 unspecified atom stereocenters. The Kier molecular flexibility index (Phi) is 4.52. The van der Waals surface area contributed by atoms with E-state index >= 15 is 0 Å². The molecule has 0 saturated carbocycles. The van der Waals surface area contributed by atoms with Gasteiger partial charge < -0.3 is 0 Å². The number of amides is 20. The molecule has 0 aromatic heterocycles. The summed E-state index contributed by atoms with van der Waals surface area (Å²) < 4.78 is 0. The van der Waals surface area contributed by atoms with Crippen LogP contribution in [0, 0.1) is 0 Å². The summed E-state index contributed by atoms with van der Waals surface area (Å²) in [4.78, 5) is 176. The molecule has 30 nitrogen and oxygen atoms in total. The molecule has 0 aliphatic carbocycles. The van der Waals surface area contributed by atoms with Crippen LogP contribution in [0.3, 0.4) is 0 Å². The second kappa shape index (κ2) is 8.83. The van der Waals surface area contributed by atoms with Gasteiger partial charge in [0.05, 0.1) is 0 Å². The molecule has 15 aliphatic heterocycles. The largest absolute Gasteiger partial charge is 0.326 e. The van der Waals surface area contributed by atoms with E-state index in [1.807, 2.05) is 0 Å². The maximum Gasteiger partial charge on any atom is 0.326 e. The molecule has 20 amide bonds. The normalized spacial score (nSPS) is 40.3. The lowest BCUT2D eigenvalue weighted by Gasteiger charge is -2.42. The summed E-state index contributed by atoms with van der Waals surface area (Å²) in [6.07, 6.45) is -10.8. The van der Waals surface area contributed by atoms with E-state index in [1.165, 1.54) is 98.0 Å². The number of nitrogens with zero attached hydrogens (tertiary/aromatic N) is 20. The van der Waals surface area contributed by atoms with Gasteiger partial charge in [0.15, 0.2) is 61.7 Å². The second-order valence-corrected chi connectivity index (χ2v) is 17.8. The number of carbonyl (C=O) groups excluding carboxylic acids is 10. The highest BCUT2D eigenvalue weighted by Crippen LogP contribution is 2.50. The van der Waals surface area contributed by atoms with Gasteiger partial charge in [0, 0.05) is 0 Å². The van der Waals surface area contributed by atoms with E-state index in [2.05, 4.69) is 0 Å². The minimum atomic E-state index is -1.08. The van der Waals surface area contributed by atoms with Gasteiger partial charge >= 0.3 is 60.3 Å². The highest BCUT2D eigenvalue weighted by atomic mass is 16.3. The van der Waals surface area contributed by atoms with Crippen LogP contribution in [0.25, 0.3) is 0 Å². The molecule has 15 saturated heterocycles. The van der Waals surface area contributed by atoms with Gasteiger partial charge in [-0.3, -0.25) is 98.0 Å². The smallest absolute Gasteiger partial charge is 0.282 e. The number of hydrogen-bond acceptors (Lipinski definition) is 10. The SMILES string of the molecule is O=C1N2[13CH2]N3C(=O)N4[13CH2]N5C(=O)N6[13CH2]N7C(=O)N8[13CH2]N9C(=O)N%10[13CH2]N1C1C2N2[13CH2]N%11C(=O)N([13CH2]N%12C(=O)N([13CH2]N%13C(=O)N([13CH2]N%14C(=O)N([13CH2]N1C2=O)C%10C9%14)C8C7%13)C6C5%12)C4C3%11. The van der Waals surface area contributed by atoms with Crippen LogP contribution in [0.1, 0.15) is 0 Å². The van der Waals surface area contributed by atoms with E-state index in [1.54, 1.807) is 0 Å². The van der Waals surface area contributed by atoms with Crippen molar-refractivity contribution in [3.05, 3.63) is 0 Å². The van der Waals surface area contributed by atoms with Crippen LogP contribution < -0.4 is 0 Å². The summed E-state index contributed by atoms with van der Waals surface area (Å²) in [5.41, 5.74) is 0. The lowest BCUT2D eigenvalue weighted by atomic mass is 10.3. The Hall–Kier alpha value is -7.30. The maximum atomic E-state index is 14.8. The van der Waals surface area contributed by atoms with E-state index in [4.69, 9.17) is 0 Å². The van der Waals surface area contributed by atoms with E-state index < -0.39 is 122 Å². The third-order valence-corrected chi connectivity index (χ3v) is 15.7. The third-order valence-electron chi connectivity index (χ3n) is 15.7. The Bertz CT molecular complexity index is 1740. The summed E-state index contributed by atoms with van der Waals surface area (Å²) in [6.45, 7) is -3.73. The zero-order chi connectivity index (χ0) is 40.2. The Morgan fingerprint density at radius 1 is 0.167 bits per heavy atom. The minimum Gasteiger partial charge on any atom is -0.282 e. The molecule has 30 heteroatoms. The van der Waals surface area contributed by atoms with Crippen molar-refractivity contribution in [1.29, 1.82) is 0 Å². The van der Waals surface area contributed by atoms with Crippen molar-refractivity contribution in [2.75, 3.05) is 66.7 Å². The first-order chi connectivity index (χ1) is 28.9. The quantitative estimate of drug-likeness (QED) is 0.211. The fourth-order valence-corrected chi connectivity index (χ4v) is 13.3. The molecule has 15 rings (SSSR count). The number of hydrogen-bond donors (Lipinski definition) is 0. The van der Waals surface area contributed by atoms with Crippen LogP contribution >= 0.6 is 0 Å². The standard InChI is InChI=1S/C30H30N20O10/c51-21-31-1-32-12-14-36(22(32)52)4-40-16-18-44(26(40)56)8-48-20-19-47(29(48)59)7-43-17-15-39(25(43)55)3-35(21)13-11(31)33-2-34(12)24(54)38(14)6-42(16)28(58)46(18)10-50(20)30(60)49(19)9-45(17)27(57)41(15)5-37(13)23(33)53/h11-20H,1-10H2/i1+1,2+1,3+1,4+1,5+1,6+1,7+1,8+1,9+1,10+1. The van der Waals surface area contributed by atoms with Gasteiger partial charge in [-0.05, 0) is 0 Å². The topological polar surface area (TPSA) is 236 Å². The van der Waals surface area contributed by atoms with Gasteiger partial charge in [0.25, 0.3) is 0 Å². The second-order valence-electron chi connectivity index (χ2n) is 17.8. The molecule has 0 aromatic carbocycles. The molecular weight excluding hydrogens is 810 g/mol. The van der Waals surface area contributed by atoms with Crippen molar-refractivity contribution < 1.29 is 47.9 Å². The zero-order valence-electron chi connectivity index (χ0n) is 30.9. The fourth-order valence-electron chi connectivity index (χ4n) is 13.3. The molecule has 0 N–H and O–H groups in total. The average molecular weight is 841 g/mol. The minimum absolute atomic E-state index is 0.373. The van der Waals surface area contributed by atoms with Crippen LogP contribution in [-0.4, -0.2) is 287 Å². The Morgan fingerprint density at radius 3 is 0.300 bits per heavy atom. The molecule has 15 fully saturated rings. The van der Waals surface area contributed by atoms with Crippen molar-refractivity contribution in [2.45, 2.75) is 61.7 Å². The molecule has 15 heterocycles. The van der Waals surface area contributed by atoms with Crippen LogP contribution in [0.15, 0.2) is 0 Å². The first-order valence-corrected chi connectivity index (χ1v) is 19.7. The molecule has 0 aromatic rings. The highest BCUT2D eigenvalue weighted by Gasteiger charge is 2.74. The van der Waals surface area contributed by atoms with Crippen molar-refractivity contribution in [3.63, 3.8) is 0 Å². The van der Waals surface area contributed by atoms with Crippen molar-refractivity contribution >= 4 is 60.3 Å². The van der Waals surface area contributed by atoms with Crippen molar-refractivity contribution in [1.82, 2.24) is 98.0 Å². The van der Waals surface area contributed by atoms with Crippen molar-refractivity contribution in [2.24, 2.45) is 0 Å². The molecule has 0 spiro atoms. The average Bonchev–Trinajstić information content (AvgIpc) is 4.06. The van der Waals surface area contributed by atoms with Crippen LogP contribution in [0.2, 0.25) is 0 Å². The van der Waals surface area contributed by atoms with Crippen LogP contribution in [-0.2, 0) is 0 Å². The lowest BCUT2D eigenvalue weighted by Crippen LogP contribution is -2.63. The van der Waals surface area contributed by atoms with E-state index in [0.717, 1.165) is 0 Å². The molecule has 15 aliphatic rings. The first kappa shape index (κ1) is 30.7. The Labute approximate surface area is 334 Å². The molecule has 0 atom stereocenters. The highest BCUT2D eigenvalue weighted by molar-refractivity contribution is 5.94. The summed E-state index contributed by atoms with van der Waals surface area (Å²) in [5, 5.41) is 0. The summed E-state index contributed by atoms with van der Waals surface area (Å²) in [7, 11) is 0. The fraction of sp³-hybridized carbons (Fsp3) is 0.667. The van der Waals surface area contributed by atoms with Gasteiger partial charge in [-0.1, -0.05) is 0 Å². The summed E-state index contributed by atoms with van der Waals surface area (Å²) in [6, 6.07) is -6.05. The first-order valence-electron chi connectivity index (χ1n) is 19.7. The number of rotatable bonds is 0.